The summed E-state index contributed by atoms with van der Waals surface area (Å²) in [6.45, 7) is 6.25. The fourth-order valence-electron chi connectivity index (χ4n) is 3.74. The first kappa shape index (κ1) is 15.1. The van der Waals surface area contributed by atoms with Crippen molar-refractivity contribution in [1.29, 1.82) is 0 Å². The van der Waals surface area contributed by atoms with E-state index in [0.717, 1.165) is 54.2 Å². The topological polar surface area (TPSA) is 59.7 Å². The summed E-state index contributed by atoms with van der Waals surface area (Å²) >= 11 is 0. The Morgan fingerprint density at radius 3 is 2.88 bits per heavy atom. The van der Waals surface area contributed by atoms with Gasteiger partial charge >= 0.3 is 0 Å². The summed E-state index contributed by atoms with van der Waals surface area (Å²) < 4.78 is 1.88. The van der Waals surface area contributed by atoms with Gasteiger partial charge in [0.05, 0.1) is 17.6 Å². The molecule has 1 saturated heterocycles. The standard InChI is InChI=1S/C18H22N6/c1-13-14-5-6-15(21-17(14)23(3)22-13)18(2)7-4-10-24(12-18)16-11-19-8-9-20-16/h5-6,8-9,11H,4,7,10,12H2,1-3H3. The molecule has 3 aromatic heterocycles. The van der Waals surface area contributed by atoms with E-state index < -0.39 is 0 Å². The lowest BCUT2D eigenvalue weighted by Crippen LogP contribution is -2.45. The summed E-state index contributed by atoms with van der Waals surface area (Å²) in [5.41, 5.74) is 3.12. The van der Waals surface area contributed by atoms with Gasteiger partial charge in [-0.2, -0.15) is 5.10 Å². The molecular weight excluding hydrogens is 300 g/mol. The summed E-state index contributed by atoms with van der Waals surface area (Å²) in [5, 5.41) is 5.62. The first-order valence-corrected chi connectivity index (χ1v) is 8.39. The monoisotopic (exact) mass is 322 g/mol. The van der Waals surface area contributed by atoms with Gasteiger partial charge < -0.3 is 4.90 Å². The molecule has 0 amide bonds. The van der Waals surface area contributed by atoms with Crippen LogP contribution in [0, 0.1) is 6.92 Å². The summed E-state index contributed by atoms with van der Waals surface area (Å²) in [7, 11) is 1.96. The molecule has 0 saturated carbocycles. The Bertz CT molecular complexity index is 872. The van der Waals surface area contributed by atoms with E-state index in [2.05, 4.69) is 39.0 Å². The lowest BCUT2D eigenvalue weighted by atomic mass is 9.78. The molecule has 1 fully saturated rings. The third kappa shape index (κ3) is 2.42. The van der Waals surface area contributed by atoms with Crippen LogP contribution in [0.25, 0.3) is 11.0 Å². The molecule has 124 valence electrons. The zero-order valence-electron chi connectivity index (χ0n) is 14.4. The maximum Gasteiger partial charge on any atom is 0.158 e. The Morgan fingerprint density at radius 2 is 2.08 bits per heavy atom. The van der Waals surface area contributed by atoms with E-state index in [1.807, 2.05) is 24.9 Å². The fraction of sp³-hybridized carbons (Fsp3) is 0.444. The molecule has 0 aromatic carbocycles. The van der Waals surface area contributed by atoms with Crippen molar-refractivity contribution in [2.24, 2.45) is 7.05 Å². The van der Waals surface area contributed by atoms with Crippen molar-refractivity contribution in [3.63, 3.8) is 0 Å². The molecule has 6 nitrogen and oxygen atoms in total. The van der Waals surface area contributed by atoms with Gasteiger partial charge in [-0.05, 0) is 31.9 Å². The zero-order chi connectivity index (χ0) is 16.7. The van der Waals surface area contributed by atoms with E-state index in [0.29, 0.717) is 0 Å². The fourth-order valence-corrected chi connectivity index (χ4v) is 3.74. The first-order chi connectivity index (χ1) is 11.6. The van der Waals surface area contributed by atoms with Crippen molar-refractivity contribution in [3.8, 4) is 0 Å². The van der Waals surface area contributed by atoms with E-state index in [9.17, 15) is 0 Å². The number of hydrogen-bond donors (Lipinski definition) is 0. The van der Waals surface area contributed by atoms with Crippen LogP contribution in [-0.2, 0) is 12.5 Å². The third-order valence-corrected chi connectivity index (χ3v) is 5.06. The number of anilines is 1. The number of nitrogens with zero attached hydrogens (tertiary/aromatic N) is 6. The minimum absolute atomic E-state index is 0.00212. The Hall–Kier alpha value is -2.50. The average molecular weight is 322 g/mol. The molecule has 1 unspecified atom stereocenters. The maximum absolute atomic E-state index is 4.96. The molecule has 4 rings (SSSR count). The second-order valence-corrected chi connectivity index (χ2v) is 6.93. The number of piperidine rings is 1. The van der Waals surface area contributed by atoms with Gasteiger partial charge in [-0.15, -0.1) is 0 Å². The van der Waals surface area contributed by atoms with Crippen molar-refractivity contribution < 1.29 is 0 Å². The van der Waals surface area contributed by atoms with Crippen molar-refractivity contribution in [1.82, 2.24) is 24.7 Å². The molecule has 1 aliphatic rings. The van der Waals surface area contributed by atoms with Gasteiger partial charge in [0, 0.05) is 43.3 Å². The quantitative estimate of drug-likeness (QED) is 0.726. The molecule has 1 atom stereocenters. The van der Waals surface area contributed by atoms with E-state index in [4.69, 9.17) is 4.98 Å². The highest BCUT2D eigenvalue weighted by molar-refractivity contribution is 5.78. The van der Waals surface area contributed by atoms with E-state index in [1.165, 1.54) is 0 Å². The number of hydrogen-bond acceptors (Lipinski definition) is 5. The molecule has 1 aliphatic heterocycles. The lowest BCUT2D eigenvalue weighted by molar-refractivity contribution is 0.363. The summed E-state index contributed by atoms with van der Waals surface area (Å²) in [6, 6.07) is 4.32. The van der Waals surface area contributed by atoms with Crippen molar-refractivity contribution in [3.05, 3.63) is 42.1 Å². The SMILES string of the molecule is Cc1nn(C)c2nc(C3(C)CCCN(c4cnccn4)C3)ccc12. The van der Waals surface area contributed by atoms with E-state index in [1.54, 1.807) is 12.4 Å². The second kappa shape index (κ2) is 5.54. The molecule has 0 radical (unpaired) electrons. The van der Waals surface area contributed by atoms with Gasteiger partial charge in [0.2, 0.25) is 0 Å². The smallest absolute Gasteiger partial charge is 0.158 e. The minimum atomic E-state index is 0.00212. The van der Waals surface area contributed by atoms with Crippen molar-refractivity contribution in [2.75, 3.05) is 18.0 Å². The Labute approximate surface area is 141 Å². The highest BCUT2D eigenvalue weighted by Crippen LogP contribution is 2.35. The van der Waals surface area contributed by atoms with Gasteiger partial charge in [0.15, 0.2) is 5.65 Å². The van der Waals surface area contributed by atoms with Crippen LogP contribution in [0.5, 0.6) is 0 Å². The Kier molecular flexibility index (Phi) is 3.48. The van der Waals surface area contributed by atoms with Crippen LogP contribution in [0.1, 0.15) is 31.2 Å². The van der Waals surface area contributed by atoms with Gasteiger partial charge in [-0.3, -0.25) is 9.67 Å². The molecule has 0 N–H and O–H groups in total. The number of rotatable bonds is 2. The third-order valence-electron chi connectivity index (χ3n) is 5.06. The molecule has 24 heavy (non-hydrogen) atoms. The second-order valence-electron chi connectivity index (χ2n) is 6.93. The average Bonchev–Trinajstić information content (AvgIpc) is 2.90. The van der Waals surface area contributed by atoms with E-state index in [-0.39, 0.29) is 5.41 Å². The molecule has 0 bridgehead atoms. The number of aryl methyl sites for hydroxylation is 2. The largest absolute Gasteiger partial charge is 0.354 e. The zero-order valence-corrected chi connectivity index (χ0v) is 14.4. The van der Waals surface area contributed by atoms with Gasteiger partial charge in [0.25, 0.3) is 0 Å². The van der Waals surface area contributed by atoms with Gasteiger partial charge in [-0.1, -0.05) is 6.92 Å². The summed E-state index contributed by atoms with van der Waals surface area (Å²) in [5.74, 6) is 0.945. The van der Waals surface area contributed by atoms with Crippen LogP contribution >= 0.6 is 0 Å². The molecule has 3 aromatic rings. The van der Waals surface area contributed by atoms with E-state index >= 15 is 0 Å². The van der Waals surface area contributed by atoms with Crippen LogP contribution < -0.4 is 4.90 Å². The summed E-state index contributed by atoms with van der Waals surface area (Å²) in [6.07, 6.45) is 7.56. The molecule has 0 aliphatic carbocycles. The highest BCUT2D eigenvalue weighted by Gasteiger charge is 2.35. The van der Waals surface area contributed by atoms with Gasteiger partial charge in [0.1, 0.15) is 5.82 Å². The highest BCUT2D eigenvalue weighted by atomic mass is 15.3. The van der Waals surface area contributed by atoms with Crippen LogP contribution in [0.15, 0.2) is 30.7 Å². The predicted molar refractivity (Wildman–Crippen MR) is 94.1 cm³/mol. The molecular formula is C18H22N6. The minimum Gasteiger partial charge on any atom is -0.354 e. The van der Waals surface area contributed by atoms with Crippen LogP contribution in [0.3, 0.4) is 0 Å². The molecule has 6 heteroatoms. The van der Waals surface area contributed by atoms with Crippen LogP contribution in [0.2, 0.25) is 0 Å². The Balaban J connectivity index is 1.70. The van der Waals surface area contributed by atoms with Crippen molar-refractivity contribution in [2.45, 2.75) is 32.1 Å². The number of pyridine rings is 1. The Morgan fingerprint density at radius 1 is 1.21 bits per heavy atom. The predicted octanol–water partition coefficient (Wildman–Crippen LogP) is 2.62. The lowest BCUT2D eigenvalue weighted by Gasteiger charge is -2.40. The first-order valence-electron chi connectivity index (χ1n) is 8.39. The van der Waals surface area contributed by atoms with Crippen molar-refractivity contribution >= 4 is 16.9 Å². The maximum atomic E-state index is 4.96. The normalized spacial score (nSPS) is 21.4. The number of aromatic nitrogens is 5. The molecule has 0 spiro atoms. The van der Waals surface area contributed by atoms with Crippen LogP contribution in [0.4, 0.5) is 5.82 Å². The van der Waals surface area contributed by atoms with Crippen LogP contribution in [-0.4, -0.2) is 37.8 Å². The summed E-state index contributed by atoms with van der Waals surface area (Å²) in [4.78, 5) is 15.9. The van der Waals surface area contributed by atoms with Gasteiger partial charge in [-0.25, -0.2) is 9.97 Å². The number of fused-ring (bicyclic) bond motifs is 1. The molecule has 4 heterocycles.